The summed E-state index contributed by atoms with van der Waals surface area (Å²) < 4.78 is 49.8. The molecule has 2 rings (SSSR count). The van der Waals surface area contributed by atoms with Crippen LogP contribution < -0.4 is 14.8 Å². The molecule has 0 spiro atoms. The number of phenols is 1. The molecule has 0 aliphatic heterocycles. The molecule has 0 heterocycles. The summed E-state index contributed by atoms with van der Waals surface area (Å²) in [6.07, 6.45) is -3.37. The number of benzene rings is 2. The van der Waals surface area contributed by atoms with Crippen LogP contribution in [0.1, 0.15) is 16.7 Å². The van der Waals surface area contributed by atoms with Gasteiger partial charge in [-0.25, -0.2) is 0 Å². The lowest BCUT2D eigenvalue weighted by Gasteiger charge is -2.17. The number of halogens is 3. The number of carbonyl (C=O) groups is 1. The first-order chi connectivity index (χ1) is 13.2. The van der Waals surface area contributed by atoms with Crippen molar-refractivity contribution in [3.05, 3.63) is 59.7 Å². The number of ether oxygens (including phenoxy) is 2. The Morgan fingerprint density at radius 3 is 2.39 bits per heavy atom. The van der Waals surface area contributed by atoms with Gasteiger partial charge in [0.2, 0.25) is 5.91 Å². The number of phenolic OH excluding ortho intramolecular Hbond substituents is 1. The van der Waals surface area contributed by atoms with E-state index in [1.165, 1.54) is 14.2 Å². The highest BCUT2D eigenvalue weighted by Gasteiger charge is 2.35. The van der Waals surface area contributed by atoms with Gasteiger partial charge in [-0.05, 0) is 48.7 Å². The van der Waals surface area contributed by atoms with Crippen molar-refractivity contribution in [2.75, 3.05) is 19.5 Å². The molecular formula is C20H20F3NO4. The maximum absolute atomic E-state index is 13.1. The van der Waals surface area contributed by atoms with Gasteiger partial charge in [0.15, 0.2) is 11.5 Å². The van der Waals surface area contributed by atoms with Gasteiger partial charge in [0.1, 0.15) is 5.75 Å². The van der Waals surface area contributed by atoms with Gasteiger partial charge < -0.3 is 19.9 Å². The number of alkyl halides is 3. The van der Waals surface area contributed by atoms with Crippen LogP contribution in [0.5, 0.6) is 17.2 Å². The number of amides is 1. The van der Waals surface area contributed by atoms with Crippen LogP contribution in [0.3, 0.4) is 0 Å². The van der Waals surface area contributed by atoms with Crippen molar-refractivity contribution in [2.24, 2.45) is 0 Å². The third-order valence-electron chi connectivity index (χ3n) is 4.14. The minimum atomic E-state index is -4.72. The van der Waals surface area contributed by atoms with Crippen LogP contribution in [0, 0.1) is 0 Å². The molecule has 0 atom stereocenters. The minimum absolute atomic E-state index is 0.0141. The maximum Gasteiger partial charge on any atom is 0.419 e. The zero-order chi connectivity index (χ0) is 20.9. The topological polar surface area (TPSA) is 67.8 Å². The summed E-state index contributed by atoms with van der Waals surface area (Å²) in [7, 11) is 2.97. The fourth-order valence-corrected chi connectivity index (χ4v) is 2.72. The van der Waals surface area contributed by atoms with E-state index in [4.69, 9.17) is 9.47 Å². The molecule has 0 unspecified atom stereocenters. The molecule has 2 aromatic carbocycles. The molecule has 0 aliphatic carbocycles. The van der Waals surface area contributed by atoms with Crippen molar-refractivity contribution in [3.8, 4) is 17.2 Å². The van der Waals surface area contributed by atoms with Crippen LogP contribution in [-0.2, 0) is 23.8 Å². The summed E-state index contributed by atoms with van der Waals surface area (Å²) in [4.78, 5) is 11.6. The first-order valence-corrected chi connectivity index (χ1v) is 8.27. The largest absolute Gasteiger partial charge is 0.507 e. The lowest BCUT2D eigenvalue weighted by molar-refractivity contribution is -0.138. The maximum atomic E-state index is 13.1. The van der Waals surface area contributed by atoms with E-state index in [1.807, 2.05) is 0 Å². The molecule has 2 N–H and O–H groups in total. The summed E-state index contributed by atoms with van der Waals surface area (Å²) in [6.45, 7) is 3.31. The monoisotopic (exact) mass is 395 g/mol. The molecule has 1 amide bonds. The Morgan fingerprint density at radius 2 is 1.82 bits per heavy atom. The third-order valence-corrected chi connectivity index (χ3v) is 4.14. The van der Waals surface area contributed by atoms with Gasteiger partial charge in [-0.15, -0.1) is 0 Å². The SMILES string of the molecule is C=CC(=O)Nc1ccc(C(F)(F)F)c(O)c1CCc1ccc(OC)c(OC)c1. The number of anilines is 1. The molecule has 0 radical (unpaired) electrons. The second kappa shape index (κ2) is 8.69. The van der Waals surface area contributed by atoms with Gasteiger partial charge in [-0.3, -0.25) is 4.79 Å². The molecular weight excluding hydrogens is 375 g/mol. The van der Waals surface area contributed by atoms with Crippen molar-refractivity contribution in [1.29, 1.82) is 0 Å². The van der Waals surface area contributed by atoms with Gasteiger partial charge in [0.05, 0.1) is 19.8 Å². The number of aryl methyl sites for hydroxylation is 1. The Labute approximate surface area is 160 Å². The predicted molar refractivity (Wildman–Crippen MR) is 98.9 cm³/mol. The number of rotatable bonds is 7. The van der Waals surface area contributed by atoms with Crippen LogP contribution in [0.4, 0.5) is 18.9 Å². The highest BCUT2D eigenvalue weighted by molar-refractivity contribution is 5.99. The van der Waals surface area contributed by atoms with Gasteiger partial charge in [0, 0.05) is 11.3 Å². The van der Waals surface area contributed by atoms with Crippen molar-refractivity contribution in [1.82, 2.24) is 0 Å². The zero-order valence-electron chi connectivity index (χ0n) is 15.4. The number of aromatic hydroxyl groups is 1. The molecule has 150 valence electrons. The van der Waals surface area contributed by atoms with E-state index >= 15 is 0 Å². The standard InChI is InChI=1S/C20H20F3NO4/c1-4-18(25)24-15-9-8-14(20(21,22)23)19(26)13(15)7-5-12-6-10-16(27-2)17(11-12)28-3/h4,6,8-11,26H,1,5,7H2,2-3H3,(H,24,25). The Hall–Kier alpha value is -3.16. The molecule has 5 nitrogen and oxygen atoms in total. The normalized spacial score (nSPS) is 11.0. The average molecular weight is 395 g/mol. The number of carbonyl (C=O) groups excluding carboxylic acids is 1. The summed E-state index contributed by atoms with van der Waals surface area (Å²) in [5.74, 6) is -0.498. The van der Waals surface area contributed by atoms with Crippen molar-refractivity contribution in [3.63, 3.8) is 0 Å². The second-order valence-corrected chi connectivity index (χ2v) is 5.87. The van der Waals surface area contributed by atoms with Crippen LogP contribution in [0.15, 0.2) is 43.0 Å². The van der Waals surface area contributed by atoms with Gasteiger partial charge >= 0.3 is 6.18 Å². The van der Waals surface area contributed by atoms with E-state index in [0.29, 0.717) is 17.9 Å². The molecule has 0 saturated heterocycles. The molecule has 8 heteroatoms. The molecule has 0 aliphatic rings. The van der Waals surface area contributed by atoms with Gasteiger partial charge in [-0.1, -0.05) is 12.6 Å². The first-order valence-electron chi connectivity index (χ1n) is 8.27. The lowest BCUT2D eigenvalue weighted by Crippen LogP contribution is -2.13. The van der Waals surface area contributed by atoms with Crippen molar-refractivity contribution >= 4 is 11.6 Å². The first kappa shape index (κ1) is 21.1. The van der Waals surface area contributed by atoms with Crippen LogP contribution >= 0.6 is 0 Å². The third kappa shape index (κ3) is 4.76. The number of hydrogen-bond donors (Lipinski definition) is 2. The number of nitrogens with one attached hydrogen (secondary N) is 1. The number of methoxy groups -OCH3 is 2. The molecule has 0 bridgehead atoms. The van der Waals surface area contributed by atoms with Crippen LogP contribution in [0.25, 0.3) is 0 Å². The fourth-order valence-electron chi connectivity index (χ4n) is 2.72. The van der Waals surface area contributed by atoms with Crippen LogP contribution in [0.2, 0.25) is 0 Å². The molecule has 0 fully saturated rings. The van der Waals surface area contributed by atoms with E-state index in [0.717, 1.165) is 23.8 Å². The predicted octanol–water partition coefficient (Wildman–Crippen LogP) is 4.34. The number of hydrogen-bond acceptors (Lipinski definition) is 4. The van der Waals surface area contributed by atoms with E-state index in [2.05, 4.69) is 11.9 Å². The Kier molecular flexibility index (Phi) is 6.56. The minimum Gasteiger partial charge on any atom is -0.507 e. The lowest BCUT2D eigenvalue weighted by atomic mass is 9.98. The van der Waals surface area contributed by atoms with Crippen LogP contribution in [-0.4, -0.2) is 25.2 Å². The molecule has 28 heavy (non-hydrogen) atoms. The van der Waals surface area contributed by atoms with Gasteiger partial charge in [0.25, 0.3) is 0 Å². The Morgan fingerprint density at radius 1 is 1.14 bits per heavy atom. The van der Waals surface area contributed by atoms with E-state index in [9.17, 15) is 23.1 Å². The quantitative estimate of drug-likeness (QED) is 0.685. The summed E-state index contributed by atoms with van der Waals surface area (Å²) >= 11 is 0. The second-order valence-electron chi connectivity index (χ2n) is 5.87. The van der Waals surface area contributed by atoms with E-state index in [-0.39, 0.29) is 17.7 Å². The van der Waals surface area contributed by atoms with E-state index in [1.54, 1.807) is 18.2 Å². The summed E-state index contributed by atoms with van der Waals surface area (Å²) in [6, 6.07) is 6.97. The zero-order valence-corrected chi connectivity index (χ0v) is 15.4. The smallest absolute Gasteiger partial charge is 0.419 e. The fraction of sp³-hybridized carbons (Fsp3) is 0.250. The van der Waals surface area contributed by atoms with Crippen molar-refractivity contribution < 1.29 is 32.5 Å². The average Bonchev–Trinajstić information content (AvgIpc) is 2.66. The molecule has 2 aromatic rings. The molecule has 0 aromatic heterocycles. The summed E-state index contributed by atoms with van der Waals surface area (Å²) in [5, 5.41) is 12.6. The van der Waals surface area contributed by atoms with Gasteiger partial charge in [-0.2, -0.15) is 13.2 Å². The Balaban J connectivity index is 2.39. The highest BCUT2D eigenvalue weighted by atomic mass is 19.4. The highest BCUT2D eigenvalue weighted by Crippen LogP contribution is 2.41. The van der Waals surface area contributed by atoms with E-state index < -0.39 is 23.4 Å². The summed E-state index contributed by atoms with van der Waals surface area (Å²) in [5.41, 5.74) is -0.322. The Bertz CT molecular complexity index is 878. The molecule has 0 saturated carbocycles. The van der Waals surface area contributed by atoms with Crippen molar-refractivity contribution in [2.45, 2.75) is 19.0 Å².